The van der Waals surface area contributed by atoms with Gasteiger partial charge in [0.05, 0.1) is 12.2 Å². The first-order chi connectivity index (χ1) is 12.0. The highest BCUT2D eigenvalue weighted by Gasteiger charge is 2.52. The van der Waals surface area contributed by atoms with Crippen LogP contribution in [0.2, 0.25) is 0 Å². The van der Waals surface area contributed by atoms with Crippen molar-refractivity contribution in [3.8, 4) is 5.88 Å². The lowest BCUT2D eigenvalue weighted by Gasteiger charge is -2.42. The average Bonchev–Trinajstić information content (AvgIpc) is 2.98. The van der Waals surface area contributed by atoms with Gasteiger partial charge in [0.2, 0.25) is 5.60 Å². The summed E-state index contributed by atoms with van der Waals surface area (Å²) in [5, 5.41) is 9.75. The molecular weight excluding hydrogens is 325 g/mol. The van der Waals surface area contributed by atoms with Crippen molar-refractivity contribution in [2.45, 2.75) is 43.5 Å². The SMILES string of the molecule is O=C(O)C1(Oc2ncccc2F)CCC2(CC1)OCc1ccccc12. The van der Waals surface area contributed by atoms with E-state index in [0.29, 0.717) is 19.4 Å². The molecule has 1 fully saturated rings. The molecule has 130 valence electrons. The van der Waals surface area contributed by atoms with E-state index in [1.165, 1.54) is 18.3 Å². The van der Waals surface area contributed by atoms with Crippen LogP contribution in [0.1, 0.15) is 36.8 Å². The van der Waals surface area contributed by atoms with Crippen LogP contribution >= 0.6 is 0 Å². The van der Waals surface area contributed by atoms with Crippen LogP contribution in [0.25, 0.3) is 0 Å². The number of carboxylic acid groups (broad SMARTS) is 1. The number of rotatable bonds is 3. The minimum absolute atomic E-state index is 0.229. The number of aliphatic carboxylic acids is 1. The van der Waals surface area contributed by atoms with E-state index in [0.717, 1.165) is 11.1 Å². The Kier molecular flexibility index (Phi) is 3.72. The highest BCUT2D eigenvalue weighted by atomic mass is 19.1. The highest BCUT2D eigenvalue weighted by molar-refractivity contribution is 5.78. The Morgan fingerprint density at radius 3 is 2.64 bits per heavy atom. The number of nitrogens with zero attached hydrogens (tertiary/aromatic N) is 1. The molecule has 0 bridgehead atoms. The molecule has 6 heteroatoms. The number of hydrogen-bond acceptors (Lipinski definition) is 4. The predicted molar refractivity (Wildman–Crippen MR) is 86.6 cm³/mol. The van der Waals surface area contributed by atoms with E-state index in [2.05, 4.69) is 4.98 Å². The van der Waals surface area contributed by atoms with Crippen LogP contribution in [0.3, 0.4) is 0 Å². The molecular formula is C19H18FNO4. The molecule has 1 aromatic heterocycles. The number of fused-ring (bicyclic) bond motifs is 2. The van der Waals surface area contributed by atoms with Crippen molar-refractivity contribution < 1.29 is 23.8 Å². The van der Waals surface area contributed by atoms with Gasteiger partial charge in [0, 0.05) is 19.0 Å². The molecule has 25 heavy (non-hydrogen) atoms. The Morgan fingerprint density at radius 2 is 1.92 bits per heavy atom. The lowest BCUT2D eigenvalue weighted by Crippen LogP contribution is -2.51. The number of aromatic nitrogens is 1. The van der Waals surface area contributed by atoms with Gasteiger partial charge in [-0.1, -0.05) is 24.3 Å². The largest absolute Gasteiger partial charge is 0.478 e. The zero-order valence-corrected chi connectivity index (χ0v) is 13.6. The maximum atomic E-state index is 13.9. The molecule has 1 spiro atoms. The van der Waals surface area contributed by atoms with E-state index in [9.17, 15) is 14.3 Å². The standard InChI is InChI=1S/C19H18FNO4/c20-15-6-3-11-21-16(15)25-19(17(22)23)9-7-18(8-10-19)14-5-2-1-4-13(14)12-24-18/h1-6,11H,7-10,12H2,(H,22,23). The first kappa shape index (κ1) is 16.0. The zero-order chi connectivity index (χ0) is 17.5. The van der Waals surface area contributed by atoms with E-state index in [4.69, 9.17) is 9.47 Å². The first-order valence-electron chi connectivity index (χ1n) is 8.30. The topological polar surface area (TPSA) is 68.7 Å². The monoisotopic (exact) mass is 343 g/mol. The molecule has 1 saturated carbocycles. The van der Waals surface area contributed by atoms with Gasteiger partial charge in [0.15, 0.2) is 5.82 Å². The fourth-order valence-electron chi connectivity index (χ4n) is 3.85. The summed E-state index contributed by atoms with van der Waals surface area (Å²) in [7, 11) is 0. The number of hydrogen-bond donors (Lipinski definition) is 1. The summed E-state index contributed by atoms with van der Waals surface area (Å²) in [5.74, 6) is -2.03. The Hall–Kier alpha value is -2.47. The Morgan fingerprint density at radius 1 is 1.16 bits per heavy atom. The van der Waals surface area contributed by atoms with Crippen molar-refractivity contribution in [2.75, 3.05) is 0 Å². The molecule has 0 atom stereocenters. The van der Waals surface area contributed by atoms with Crippen LogP contribution in [0.5, 0.6) is 5.88 Å². The molecule has 2 aliphatic rings. The number of ether oxygens (including phenoxy) is 2. The first-order valence-corrected chi connectivity index (χ1v) is 8.30. The molecule has 0 amide bonds. The second-order valence-corrected chi connectivity index (χ2v) is 6.63. The third kappa shape index (κ3) is 2.57. The van der Waals surface area contributed by atoms with Crippen molar-refractivity contribution in [2.24, 2.45) is 0 Å². The Balaban J connectivity index is 1.60. The van der Waals surface area contributed by atoms with Gasteiger partial charge in [0.1, 0.15) is 0 Å². The number of carbonyl (C=O) groups is 1. The molecule has 2 heterocycles. The number of pyridine rings is 1. The molecule has 1 aliphatic heterocycles. The van der Waals surface area contributed by atoms with Crippen molar-refractivity contribution in [3.63, 3.8) is 0 Å². The summed E-state index contributed by atoms with van der Waals surface area (Å²) in [6, 6.07) is 10.7. The summed E-state index contributed by atoms with van der Waals surface area (Å²) < 4.78 is 25.5. The van der Waals surface area contributed by atoms with Crippen molar-refractivity contribution in [1.82, 2.24) is 4.98 Å². The quantitative estimate of drug-likeness (QED) is 0.925. The molecule has 0 unspecified atom stereocenters. The van der Waals surface area contributed by atoms with E-state index in [1.54, 1.807) is 0 Å². The summed E-state index contributed by atoms with van der Waals surface area (Å²) in [6.45, 7) is 0.534. The molecule has 1 aromatic carbocycles. The second-order valence-electron chi connectivity index (χ2n) is 6.63. The van der Waals surface area contributed by atoms with Gasteiger partial charge in [-0.2, -0.15) is 0 Å². The third-order valence-electron chi connectivity index (χ3n) is 5.28. The van der Waals surface area contributed by atoms with E-state index < -0.39 is 23.0 Å². The molecule has 0 radical (unpaired) electrons. The van der Waals surface area contributed by atoms with Gasteiger partial charge >= 0.3 is 5.97 Å². The second kappa shape index (κ2) is 5.81. The van der Waals surface area contributed by atoms with Gasteiger partial charge < -0.3 is 14.6 Å². The fourth-order valence-corrected chi connectivity index (χ4v) is 3.85. The van der Waals surface area contributed by atoms with Crippen molar-refractivity contribution in [1.29, 1.82) is 0 Å². The van der Waals surface area contributed by atoms with Crippen LogP contribution in [-0.2, 0) is 21.7 Å². The van der Waals surface area contributed by atoms with Crippen molar-refractivity contribution >= 4 is 5.97 Å². The van der Waals surface area contributed by atoms with Gasteiger partial charge in [0.25, 0.3) is 5.88 Å². The lowest BCUT2D eigenvalue weighted by molar-refractivity contribution is -0.167. The molecule has 5 nitrogen and oxygen atoms in total. The minimum Gasteiger partial charge on any atom is -0.478 e. The number of carboxylic acids is 1. The van der Waals surface area contributed by atoms with E-state index in [-0.39, 0.29) is 18.7 Å². The van der Waals surface area contributed by atoms with E-state index in [1.807, 2.05) is 24.3 Å². The summed E-state index contributed by atoms with van der Waals surface area (Å²) in [6.07, 6.45) is 2.85. The smallest absolute Gasteiger partial charge is 0.348 e. The number of halogens is 1. The summed E-state index contributed by atoms with van der Waals surface area (Å²) >= 11 is 0. The van der Waals surface area contributed by atoms with Crippen molar-refractivity contribution in [3.05, 3.63) is 59.5 Å². The van der Waals surface area contributed by atoms with Crippen LogP contribution < -0.4 is 4.74 Å². The molecule has 0 saturated heterocycles. The molecule has 4 rings (SSSR count). The molecule has 2 aromatic rings. The van der Waals surface area contributed by atoms with Gasteiger partial charge in [-0.05, 0) is 36.1 Å². The Bertz CT molecular complexity index is 815. The summed E-state index contributed by atoms with van der Waals surface area (Å²) in [4.78, 5) is 15.8. The Labute approximate surface area is 144 Å². The maximum Gasteiger partial charge on any atom is 0.348 e. The number of benzene rings is 1. The van der Waals surface area contributed by atoms with Crippen LogP contribution in [-0.4, -0.2) is 21.7 Å². The van der Waals surface area contributed by atoms with Gasteiger partial charge in [-0.25, -0.2) is 14.2 Å². The fraction of sp³-hybridized carbons (Fsp3) is 0.368. The van der Waals surface area contributed by atoms with E-state index >= 15 is 0 Å². The van der Waals surface area contributed by atoms with Crippen LogP contribution in [0.4, 0.5) is 4.39 Å². The summed E-state index contributed by atoms with van der Waals surface area (Å²) in [5.41, 5.74) is 0.308. The average molecular weight is 343 g/mol. The van der Waals surface area contributed by atoms with Gasteiger partial charge in [-0.3, -0.25) is 0 Å². The highest BCUT2D eigenvalue weighted by Crippen LogP contribution is 2.50. The van der Waals surface area contributed by atoms with Gasteiger partial charge in [-0.15, -0.1) is 0 Å². The van der Waals surface area contributed by atoms with Crippen LogP contribution in [0, 0.1) is 5.82 Å². The molecule has 1 aliphatic carbocycles. The maximum absolute atomic E-state index is 13.9. The molecule has 1 N–H and O–H groups in total. The normalized spacial score (nSPS) is 27.9. The predicted octanol–water partition coefficient (Wildman–Crippen LogP) is 3.42. The minimum atomic E-state index is -1.48. The van der Waals surface area contributed by atoms with Crippen LogP contribution in [0.15, 0.2) is 42.6 Å². The third-order valence-corrected chi connectivity index (χ3v) is 5.28. The lowest BCUT2D eigenvalue weighted by atomic mass is 9.72. The zero-order valence-electron chi connectivity index (χ0n) is 13.6.